The number of nitrogens with one attached hydrogen (secondary N) is 1. The van der Waals surface area contributed by atoms with Gasteiger partial charge in [-0.05, 0) is 62.8 Å². The van der Waals surface area contributed by atoms with E-state index in [1.807, 2.05) is 48.5 Å². The summed E-state index contributed by atoms with van der Waals surface area (Å²) < 4.78 is 11.8. The van der Waals surface area contributed by atoms with Gasteiger partial charge in [-0.15, -0.1) is 0 Å². The Kier molecular flexibility index (Phi) is 5.70. The number of piperidine rings is 2. The van der Waals surface area contributed by atoms with Gasteiger partial charge in [-0.1, -0.05) is 30.3 Å². The Hall–Kier alpha value is -3.48. The predicted molar refractivity (Wildman–Crippen MR) is 124 cm³/mol. The molecule has 0 spiro atoms. The van der Waals surface area contributed by atoms with Crippen LogP contribution >= 0.6 is 0 Å². The molecule has 0 aliphatic carbocycles. The van der Waals surface area contributed by atoms with Crippen molar-refractivity contribution >= 4 is 23.0 Å². The molecule has 2 bridgehead atoms. The Morgan fingerprint density at radius 3 is 2.55 bits per heavy atom. The average Bonchev–Trinajstić information content (AvgIpc) is 3.12. The first-order valence-electron chi connectivity index (χ1n) is 11.5. The van der Waals surface area contributed by atoms with Crippen LogP contribution in [0.1, 0.15) is 53.8 Å². The Labute approximate surface area is 192 Å². The standard InChI is InChI=1S/C26H28N2O5/c1-16-24(25(29)27-18-12-19-8-5-9-20(13-18)28(19)26(30)31)22-14-21(10-11-23(22)33-16)32-15-17-6-3-2-4-7-17/h2-4,6-7,10-11,14,18-20H,5,8-9,12-13,15H2,1H3,(H,27,29)(H,30,31)/t19-,20-/m1/s1. The number of aryl methyl sites for hydroxylation is 1. The second kappa shape index (κ2) is 8.81. The minimum atomic E-state index is -0.853. The van der Waals surface area contributed by atoms with Crippen LogP contribution in [-0.4, -0.2) is 40.1 Å². The molecule has 1 aromatic heterocycles. The maximum Gasteiger partial charge on any atom is 0.407 e. The molecule has 0 saturated carbocycles. The molecule has 2 atom stereocenters. The van der Waals surface area contributed by atoms with Gasteiger partial charge < -0.3 is 24.5 Å². The van der Waals surface area contributed by atoms with Crippen LogP contribution in [0.4, 0.5) is 4.79 Å². The molecule has 2 fully saturated rings. The van der Waals surface area contributed by atoms with Gasteiger partial charge in [0.25, 0.3) is 5.91 Å². The van der Waals surface area contributed by atoms with Gasteiger partial charge in [0.2, 0.25) is 0 Å². The van der Waals surface area contributed by atoms with E-state index in [2.05, 4.69) is 5.32 Å². The maximum absolute atomic E-state index is 13.3. The highest BCUT2D eigenvalue weighted by Gasteiger charge is 2.41. The van der Waals surface area contributed by atoms with E-state index in [9.17, 15) is 14.7 Å². The summed E-state index contributed by atoms with van der Waals surface area (Å²) in [6, 6.07) is 15.3. The largest absolute Gasteiger partial charge is 0.489 e. The first-order valence-corrected chi connectivity index (χ1v) is 11.5. The van der Waals surface area contributed by atoms with Gasteiger partial charge in [0, 0.05) is 23.5 Å². The Bertz CT molecular complexity index is 1160. The second-order valence-electron chi connectivity index (χ2n) is 9.04. The fourth-order valence-electron chi connectivity index (χ4n) is 5.38. The molecule has 2 aromatic carbocycles. The minimum Gasteiger partial charge on any atom is -0.489 e. The van der Waals surface area contributed by atoms with Crippen molar-refractivity contribution in [2.24, 2.45) is 0 Å². The van der Waals surface area contributed by atoms with Crippen molar-refractivity contribution in [1.82, 2.24) is 10.2 Å². The third-order valence-corrected chi connectivity index (χ3v) is 6.84. The van der Waals surface area contributed by atoms with Crippen LogP contribution in [0.2, 0.25) is 0 Å². The highest BCUT2D eigenvalue weighted by Crippen LogP contribution is 2.35. The van der Waals surface area contributed by atoms with E-state index in [4.69, 9.17) is 9.15 Å². The summed E-state index contributed by atoms with van der Waals surface area (Å²) in [6.45, 7) is 2.23. The number of furan rings is 1. The lowest BCUT2D eigenvalue weighted by molar-refractivity contribution is 0.0302. The molecule has 172 valence electrons. The van der Waals surface area contributed by atoms with Gasteiger partial charge in [-0.25, -0.2) is 4.79 Å². The summed E-state index contributed by atoms with van der Waals surface area (Å²) in [6.07, 6.45) is 3.19. The molecule has 3 aromatic rings. The van der Waals surface area contributed by atoms with E-state index < -0.39 is 6.09 Å². The number of rotatable bonds is 5. The lowest BCUT2D eigenvalue weighted by atomic mass is 9.82. The zero-order valence-corrected chi connectivity index (χ0v) is 18.6. The summed E-state index contributed by atoms with van der Waals surface area (Å²) in [5.41, 5.74) is 2.22. The van der Waals surface area contributed by atoms with Crippen molar-refractivity contribution in [3.8, 4) is 5.75 Å². The van der Waals surface area contributed by atoms with E-state index in [1.165, 1.54) is 0 Å². The molecule has 7 nitrogen and oxygen atoms in total. The molecule has 2 amide bonds. The number of benzene rings is 2. The molecule has 5 rings (SSSR count). The van der Waals surface area contributed by atoms with Crippen molar-refractivity contribution in [3.05, 3.63) is 65.4 Å². The average molecular weight is 449 g/mol. The number of nitrogens with zero attached hydrogens (tertiary/aromatic N) is 1. The van der Waals surface area contributed by atoms with E-state index >= 15 is 0 Å². The van der Waals surface area contributed by atoms with Crippen LogP contribution in [0.15, 0.2) is 52.9 Å². The van der Waals surface area contributed by atoms with Crippen molar-refractivity contribution in [3.63, 3.8) is 0 Å². The highest BCUT2D eigenvalue weighted by atomic mass is 16.5. The third kappa shape index (κ3) is 4.27. The second-order valence-corrected chi connectivity index (χ2v) is 9.04. The summed E-state index contributed by atoms with van der Waals surface area (Å²) in [7, 11) is 0. The zero-order chi connectivity index (χ0) is 22.9. The summed E-state index contributed by atoms with van der Waals surface area (Å²) >= 11 is 0. The van der Waals surface area contributed by atoms with Crippen LogP contribution in [0.3, 0.4) is 0 Å². The molecule has 33 heavy (non-hydrogen) atoms. The summed E-state index contributed by atoms with van der Waals surface area (Å²) in [5, 5.41) is 13.5. The predicted octanol–water partition coefficient (Wildman–Crippen LogP) is 5.11. The molecule has 7 heteroatoms. The number of amides is 2. The molecule has 2 N–H and O–H groups in total. The van der Waals surface area contributed by atoms with Crippen LogP contribution in [0, 0.1) is 6.92 Å². The number of hydrogen-bond acceptors (Lipinski definition) is 4. The van der Waals surface area contributed by atoms with E-state index in [1.54, 1.807) is 11.8 Å². The monoisotopic (exact) mass is 448 g/mol. The van der Waals surface area contributed by atoms with Gasteiger partial charge in [-0.2, -0.15) is 0 Å². The lowest BCUT2D eigenvalue weighted by Gasteiger charge is -2.47. The Balaban J connectivity index is 1.33. The fraction of sp³-hybridized carbons (Fsp3) is 0.385. The molecular weight excluding hydrogens is 420 g/mol. The lowest BCUT2D eigenvalue weighted by Crippen LogP contribution is -2.58. The SMILES string of the molecule is Cc1oc2ccc(OCc3ccccc3)cc2c1C(=O)NC1C[C@H]2CCC[C@H](C1)N2C(=O)O. The van der Waals surface area contributed by atoms with Crippen LogP contribution < -0.4 is 10.1 Å². The number of carbonyl (C=O) groups is 2. The molecule has 2 aliphatic heterocycles. The number of ether oxygens (including phenoxy) is 1. The van der Waals surface area contributed by atoms with Crippen LogP contribution in [-0.2, 0) is 6.61 Å². The molecule has 0 radical (unpaired) electrons. The fourth-order valence-corrected chi connectivity index (χ4v) is 5.38. The van der Waals surface area contributed by atoms with Crippen molar-refractivity contribution in [1.29, 1.82) is 0 Å². The van der Waals surface area contributed by atoms with E-state index in [-0.39, 0.29) is 24.0 Å². The molecule has 2 aliphatic rings. The van der Waals surface area contributed by atoms with Crippen LogP contribution in [0.25, 0.3) is 11.0 Å². The number of carbonyl (C=O) groups excluding carboxylic acids is 1. The molecule has 3 heterocycles. The third-order valence-electron chi connectivity index (χ3n) is 6.84. The van der Waals surface area contributed by atoms with Gasteiger partial charge in [-0.3, -0.25) is 4.79 Å². The quantitative estimate of drug-likeness (QED) is 0.566. The van der Waals surface area contributed by atoms with E-state index in [0.29, 0.717) is 42.1 Å². The van der Waals surface area contributed by atoms with E-state index in [0.717, 1.165) is 30.2 Å². The van der Waals surface area contributed by atoms with Gasteiger partial charge >= 0.3 is 6.09 Å². The molecule has 2 saturated heterocycles. The number of carboxylic acid groups (broad SMARTS) is 1. The first-order chi connectivity index (χ1) is 16.0. The molecular formula is C26H28N2O5. The summed E-state index contributed by atoms with van der Waals surface area (Å²) in [4.78, 5) is 26.6. The highest BCUT2D eigenvalue weighted by molar-refractivity contribution is 6.07. The van der Waals surface area contributed by atoms with Crippen molar-refractivity contribution in [2.45, 2.75) is 63.8 Å². The Morgan fingerprint density at radius 2 is 1.85 bits per heavy atom. The number of hydrogen-bond donors (Lipinski definition) is 2. The first kappa shape index (κ1) is 21.4. The topological polar surface area (TPSA) is 92.0 Å². The molecule has 0 unspecified atom stereocenters. The van der Waals surface area contributed by atoms with Gasteiger partial charge in [0.05, 0.1) is 5.56 Å². The Morgan fingerprint density at radius 1 is 1.12 bits per heavy atom. The number of fused-ring (bicyclic) bond motifs is 3. The zero-order valence-electron chi connectivity index (χ0n) is 18.6. The van der Waals surface area contributed by atoms with Crippen LogP contribution in [0.5, 0.6) is 5.75 Å². The summed E-state index contributed by atoms with van der Waals surface area (Å²) in [5.74, 6) is 1.05. The van der Waals surface area contributed by atoms with Crippen molar-refractivity contribution < 1.29 is 23.8 Å². The normalized spacial score (nSPS) is 22.2. The van der Waals surface area contributed by atoms with Gasteiger partial charge in [0.15, 0.2) is 0 Å². The van der Waals surface area contributed by atoms with Crippen molar-refractivity contribution in [2.75, 3.05) is 0 Å². The van der Waals surface area contributed by atoms with Gasteiger partial charge in [0.1, 0.15) is 23.7 Å². The maximum atomic E-state index is 13.3. The minimum absolute atomic E-state index is 0.0273. The smallest absolute Gasteiger partial charge is 0.407 e.